The lowest BCUT2D eigenvalue weighted by atomic mass is 10.1. The van der Waals surface area contributed by atoms with Crippen molar-refractivity contribution in [2.24, 2.45) is 7.05 Å². The average molecular weight is 443 g/mol. The highest BCUT2D eigenvalue weighted by Gasteiger charge is 2.18. The number of aromatic amines is 1. The van der Waals surface area contributed by atoms with E-state index < -0.39 is 0 Å². The van der Waals surface area contributed by atoms with Crippen LogP contribution in [0.15, 0.2) is 47.7 Å². The Kier molecular flexibility index (Phi) is 4.85. The number of nitrogens with zero attached hydrogens (tertiary/aromatic N) is 7. The number of nitrogens with one attached hydrogen (secondary N) is 2. The lowest BCUT2D eigenvalue weighted by Crippen LogP contribution is -2.06. The van der Waals surface area contributed by atoms with Crippen LogP contribution in [0.4, 0.5) is 11.6 Å². The first kappa shape index (κ1) is 20.4. The predicted molar refractivity (Wildman–Crippen MR) is 123 cm³/mol. The van der Waals surface area contributed by atoms with Crippen LogP contribution in [-0.2, 0) is 7.05 Å². The third-order valence-corrected chi connectivity index (χ3v) is 5.08. The summed E-state index contributed by atoms with van der Waals surface area (Å²) >= 11 is 0. The van der Waals surface area contributed by atoms with Crippen LogP contribution < -0.4 is 15.6 Å². The van der Waals surface area contributed by atoms with E-state index in [2.05, 4.69) is 35.5 Å². The van der Waals surface area contributed by atoms with Crippen LogP contribution in [0.2, 0.25) is 0 Å². The Balaban J connectivity index is 1.64. The van der Waals surface area contributed by atoms with Crippen LogP contribution in [0, 0.1) is 13.8 Å². The molecule has 0 saturated heterocycles. The fourth-order valence-electron chi connectivity index (χ4n) is 3.75. The zero-order valence-electron chi connectivity index (χ0n) is 18.5. The summed E-state index contributed by atoms with van der Waals surface area (Å²) < 4.78 is 9.02. The van der Waals surface area contributed by atoms with Crippen LogP contribution in [0.25, 0.3) is 28.0 Å². The van der Waals surface area contributed by atoms with Gasteiger partial charge in [-0.1, -0.05) is 6.07 Å². The molecule has 5 rings (SSSR count). The Morgan fingerprint density at radius 3 is 2.67 bits per heavy atom. The number of hydrogen-bond acceptors (Lipinski definition) is 8. The maximum atomic E-state index is 12.7. The number of ether oxygens (including phenoxy) is 1. The molecule has 0 atom stereocenters. The van der Waals surface area contributed by atoms with Gasteiger partial charge in [0, 0.05) is 31.1 Å². The Morgan fingerprint density at radius 1 is 1.09 bits per heavy atom. The summed E-state index contributed by atoms with van der Waals surface area (Å²) in [7, 11) is 3.37. The van der Waals surface area contributed by atoms with Gasteiger partial charge in [0.1, 0.15) is 29.5 Å². The van der Waals surface area contributed by atoms with Gasteiger partial charge >= 0.3 is 0 Å². The summed E-state index contributed by atoms with van der Waals surface area (Å²) in [4.78, 5) is 30.1. The third-order valence-electron chi connectivity index (χ3n) is 5.08. The van der Waals surface area contributed by atoms with Crippen molar-refractivity contribution < 1.29 is 4.74 Å². The van der Waals surface area contributed by atoms with E-state index in [-0.39, 0.29) is 5.56 Å². The van der Waals surface area contributed by atoms with Gasteiger partial charge in [-0.3, -0.25) is 14.6 Å². The molecule has 0 amide bonds. The largest absolute Gasteiger partial charge is 0.494 e. The summed E-state index contributed by atoms with van der Waals surface area (Å²) in [5.74, 6) is 2.87. The predicted octanol–water partition coefficient (Wildman–Crippen LogP) is 2.67. The number of fused-ring (bicyclic) bond motifs is 1. The number of H-pyrrole nitrogens is 1. The van der Waals surface area contributed by atoms with E-state index in [1.165, 1.54) is 6.20 Å². The van der Waals surface area contributed by atoms with E-state index in [1.54, 1.807) is 35.9 Å². The van der Waals surface area contributed by atoms with Crippen molar-refractivity contribution in [3.63, 3.8) is 0 Å². The lowest BCUT2D eigenvalue weighted by molar-refractivity contribution is 0.413. The maximum Gasteiger partial charge on any atom is 0.273 e. The highest BCUT2D eigenvalue weighted by Crippen LogP contribution is 2.34. The first-order valence-electron chi connectivity index (χ1n) is 10.2. The van der Waals surface area contributed by atoms with Crippen molar-refractivity contribution >= 4 is 22.5 Å². The number of aryl methyl sites for hydroxylation is 3. The SMILES string of the molecule is COc1c(-c2ncn(C)n2)cccc1-n1[nH]c(=O)c2cnc(Nc3cc(C)nc(C)n3)cc21. The summed E-state index contributed by atoms with van der Waals surface area (Å²) in [6.45, 7) is 3.73. The van der Waals surface area contributed by atoms with E-state index in [0.29, 0.717) is 51.2 Å². The van der Waals surface area contributed by atoms with Crippen molar-refractivity contribution in [2.75, 3.05) is 12.4 Å². The van der Waals surface area contributed by atoms with Crippen molar-refractivity contribution in [3.8, 4) is 22.8 Å². The fraction of sp³-hybridized carbons (Fsp3) is 0.182. The summed E-state index contributed by atoms with van der Waals surface area (Å²) in [5, 5.41) is 10.9. The Hall–Kier alpha value is -4.54. The molecular weight excluding hydrogens is 422 g/mol. The molecule has 0 spiro atoms. The van der Waals surface area contributed by atoms with Crippen molar-refractivity contribution in [3.05, 3.63) is 64.7 Å². The highest BCUT2D eigenvalue weighted by atomic mass is 16.5. The Morgan fingerprint density at radius 2 is 1.94 bits per heavy atom. The molecule has 11 heteroatoms. The van der Waals surface area contributed by atoms with Gasteiger partial charge in [-0.15, -0.1) is 0 Å². The number of aromatic nitrogens is 8. The first-order valence-corrected chi connectivity index (χ1v) is 10.2. The second kappa shape index (κ2) is 7.86. The molecular formula is C22H21N9O2. The van der Waals surface area contributed by atoms with E-state index in [1.807, 2.05) is 38.1 Å². The summed E-state index contributed by atoms with van der Waals surface area (Å²) in [6, 6.07) is 9.20. The standard InChI is InChI=1S/C22H21N9O2/c1-12-8-19(26-13(2)25-12)27-18-9-17-15(10-23-18)22(32)29-31(17)16-7-5-6-14(20(16)33-4)21-24-11-30(3)28-21/h5-11H,1-4H3,(H,29,32)(H,23,25,26,27). The van der Waals surface area contributed by atoms with Gasteiger partial charge < -0.3 is 10.1 Å². The number of rotatable bonds is 5. The second-order valence-electron chi connectivity index (χ2n) is 7.53. The van der Waals surface area contributed by atoms with E-state index in [9.17, 15) is 4.79 Å². The van der Waals surface area contributed by atoms with Crippen LogP contribution in [-0.4, -0.2) is 46.6 Å². The van der Waals surface area contributed by atoms with Crippen molar-refractivity contribution in [1.29, 1.82) is 0 Å². The molecule has 4 aromatic heterocycles. The van der Waals surface area contributed by atoms with Gasteiger partial charge in [-0.25, -0.2) is 24.6 Å². The van der Waals surface area contributed by atoms with Crippen LogP contribution in [0.3, 0.4) is 0 Å². The summed E-state index contributed by atoms with van der Waals surface area (Å²) in [6.07, 6.45) is 3.15. The average Bonchev–Trinajstić information content (AvgIpc) is 3.35. The number of anilines is 2. The fourth-order valence-corrected chi connectivity index (χ4v) is 3.75. The molecule has 0 radical (unpaired) electrons. The zero-order valence-corrected chi connectivity index (χ0v) is 18.5. The number of methoxy groups -OCH3 is 1. The summed E-state index contributed by atoms with van der Waals surface area (Å²) in [5.41, 5.74) is 2.55. The molecule has 0 aliphatic rings. The molecule has 0 fully saturated rings. The minimum Gasteiger partial charge on any atom is -0.494 e. The smallest absolute Gasteiger partial charge is 0.273 e. The molecule has 11 nitrogen and oxygen atoms in total. The third kappa shape index (κ3) is 3.69. The van der Waals surface area contributed by atoms with Gasteiger partial charge in [-0.2, -0.15) is 5.10 Å². The van der Waals surface area contributed by atoms with Gasteiger partial charge in [0.15, 0.2) is 11.6 Å². The number of pyridine rings is 1. The molecule has 1 aromatic carbocycles. The molecule has 0 bridgehead atoms. The molecule has 2 N–H and O–H groups in total. The lowest BCUT2D eigenvalue weighted by Gasteiger charge is -2.13. The molecule has 4 heterocycles. The van der Waals surface area contributed by atoms with Crippen LogP contribution in [0.5, 0.6) is 5.75 Å². The Labute approximate surface area is 188 Å². The monoisotopic (exact) mass is 443 g/mol. The van der Waals surface area contributed by atoms with Crippen LogP contribution in [0.1, 0.15) is 11.5 Å². The first-order chi connectivity index (χ1) is 15.9. The van der Waals surface area contributed by atoms with Gasteiger partial charge in [0.05, 0.1) is 23.6 Å². The van der Waals surface area contributed by atoms with E-state index in [4.69, 9.17) is 4.74 Å². The van der Waals surface area contributed by atoms with Crippen molar-refractivity contribution in [2.45, 2.75) is 13.8 Å². The normalized spacial score (nSPS) is 11.2. The molecule has 33 heavy (non-hydrogen) atoms. The molecule has 0 saturated carbocycles. The molecule has 0 aliphatic carbocycles. The van der Waals surface area contributed by atoms with Crippen LogP contribution >= 0.6 is 0 Å². The van der Waals surface area contributed by atoms with E-state index in [0.717, 1.165) is 5.69 Å². The quantitative estimate of drug-likeness (QED) is 0.424. The van der Waals surface area contributed by atoms with Crippen molar-refractivity contribution in [1.82, 2.24) is 39.5 Å². The molecule has 0 aliphatic heterocycles. The maximum absolute atomic E-state index is 12.7. The highest BCUT2D eigenvalue weighted by molar-refractivity contribution is 5.84. The second-order valence-corrected chi connectivity index (χ2v) is 7.53. The molecule has 166 valence electrons. The molecule has 0 unspecified atom stereocenters. The zero-order chi connectivity index (χ0) is 23.1. The van der Waals surface area contributed by atoms with E-state index >= 15 is 0 Å². The number of hydrogen-bond donors (Lipinski definition) is 2. The number of para-hydroxylation sites is 1. The minimum absolute atomic E-state index is 0.263. The minimum atomic E-state index is -0.263. The number of benzene rings is 1. The van der Waals surface area contributed by atoms with Gasteiger partial charge in [-0.05, 0) is 26.0 Å². The van der Waals surface area contributed by atoms with Gasteiger partial charge in [0.25, 0.3) is 5.56 Å². The Bertz CT molecular complexity index is 1530. The topological polar surface area (TPSA) is 128 Å². The van der Waals surface area contributed by atoms with Gasteiger partial charge in [0.2, 0.25) is 0 Å². The molecule has 5 aromatic rings.